The van der Waals surface area contributed by atoms with Gasteiger partial charge in [-0.25, -0.2) is 0 Å². The quantitative estimate of drug-likeness (QED) is 0.943. The van der Waals surface area contributed by atoms with Crippen molar-refractivity contribution in [3.8, 4) is 5.75 Å². The maximum Gasteiger partial charge on any atom is 0.258 e. The van der Waals surface area contributed by atoms with E-state index in [-0.39, 0.29) is 5.91 Å². The topological polar surface area (TPSA) is 64.4 Å². The Hall–Kier alpha value is -2.01. The van der Waals surface area contributed by atoms with Gasteiger partial charge in [-0.1, -0.05) is 16.8 Å². The van der Waals surface area contributed by atoms with E-state index in [2.05, 4.69) is 10.5 Å². The first-order chi connectivity index (χ1) is 10.2. The van der Waals surface area contributed by atoms with Gasteiger partial charge >= 0.3 is 0 Å². The third-order valence-corrected chi connectivity index (χ3v) is 3.90. The van der Waals surface area contributed by atoms with Gasteiger partial charge in [-0.15, -0.1) is 0 Å². The number of aromatic nitrogens is 1. The molecule has 0 saturated carbocycles. The number of halogens is 1. The highest BCUT2D eigenvalue weighted by Crippen LogP contribution is 2.29. The van der Waals surface area contributed by atoms with Crippen molar-refractivity contribution in [2.45, 2.75) is 25.7 Å². The largest absolute Gasteiger partial charge is 0.495 e. The van der Waals surface area contributed by atoms with Gasteiger partial charge in [0, 0.05) is 11.1 Å². The van der Waals surface area contributed by atoms with E-state index >= 15 is 0 Å². The molecule has 110 valence electrons. The molecule has 2 aromatic rings. The van der Waals surface area contributed by atoms with E-state index in [1.54, 1.807) is 18.2 Å². The lowest BCUT2D eigenvalue weighted by atomic mass is 9.97. The molecule has 1 heterocycles. The Balaban J connectivity index is 1.80. The third-order valence-electron chi connectivity index (χ3n) is 3.60. The van der Waals surface area contributed by atoms with Gasteiger partial charge in [-0.05, 0) is 43.9 Å². The molecule has 1 aliphatic carbocycles. The number of nitrogens with zero attached hydrogens (tertiary/aromatic N) is 1. The number of ether oxygens (including phenoxy) is 1. The minimum atomic E-state index is -0.274. The van der Waals surface area contributed by atoms with Crippen molar-refractivity contribution in [3.63, 3.8) is 0 Å². The molecular formula is C15H15ClN2O3. The Bertz CT molecular complexity index is 682. The van der Waals surface area contributed by atoms with Crippen LogP contribution >= 0.6 is 11.6 Å². The predicted octanol–water partition coefficient (Wildman–Crippen LogP) is 3.47. The van der Waals surface area contributed by atoms with Crippen LogP contribution in [0.25, 0.3) is 0 Å². The number of hydrogen-bond donors (Lipinski definition) is 1. The zero-order valence-electron chi connectivity index (χ0n) is 11.6. The molecule has 0 fully saturated rings. The molecule has 0 saturated heterocycles. The lowest BCUT2D eigenvalue weighted by molar-refractivity contribution is 0.102. The third kappa shape index (κ3) is 2.74. The molecule has 1 aromatic heterocycles. The molecule has 6 heteroatoms. The number of benzene rings is 1. The summed E-state index contributed by atoms with van der Waals surface area (Å²) >= 11 is 6.03. The fraction of sp³-hybridized carbons (Fsp3) is 0.333. The van der Waals surface area contributed by atoms with E-state index in [1.807, 2.05) is 0 Å². The van der Waals surface area contributed by atoms with E-state index in [4.69, 9.17) is 20.9 Å². The summed E-state index contributed by atoms with van der Waals surface area (Å²) in [7, 11) is 1.53. The molecule has 21 heavy (non-hydrogen) atoms. The number of amides is 1. The van der Waals surface area contributed by atoms with Crippen molar-refractivity contribution in [1.29, 1.82) is 0 Å². The summed E-state index contributed by atoms with van der Waals surface area (Å²) in [6.07, 6.45) is 3.99. The van der Waals surface area contributed by atoms with Crippen molar-refractivity contribution in [2.75, 3.05) is 12.4 Å². The van der Waals surface area contributed by atoms with Crippen LogP contribution < -0.4 is 10.1 Å². The Labute approximate surface area is 127 Å². The van der Waals surface area contributed by atoms with Crippen LogP contribution in [0.15, 0.2) is 22.7 Å². The highest BCUT2D eigenvalue weighted by Gasteiger charge is 2.21. The maximum absolute atomic E-state index is 12.3. The van der Waals surface area contributed by atoms with Crippen molar-refractivity contribution in [2.24, 2.45) is 0 Å². The highest BCUT2D eigenvalue weighted by molar-refractivity contribution is 6.32. The fourth-order valence-corrected chi connectivity index (χ4v) is 2.73. The van der Waals surface area contributed by atoms with Crippen molar-refractivity contribution in [3.05, 3.63) is 40.0 Å². The summed E-state index contributed by atoms with van der Waals surface area (Å²) in [6.45, 7) is 0. The van der Waals surface area contributed by atoms with Crippen LogP contribution in [-0.4, -0.2) is 18.2 Å². The van der Waals surface area contributed by atoms with Crippen molar-refractivity contribution >= 4 is 23.4 Å². The molecule has 1 aliphatic rings. The van der Waals surface area contributed by atoms with Crippen LogP contribution in [0, 0.1) is 0 Å². The van der Waals surface area contributed by atoms with E-state index in [1.165, 1.54) is 7.11 Å². The predicted molar refractivity (Wildman–Crippen MR) is 79.1 cm³/mol. The molecule has 0 aliphatic heterocycles. The van der Waals surface area contributed by atoms with Crippen molar-refractivity contribution < 1.29 is 14.1 Å². The van der Waals surface area contributed by atoms with Gasteiger partial charge in [-0.2, -0.15) is 0 Å². The second kappa shape index (κ2) is 5.77. The molecular weight excluding hydrogens is 292 g/mol. The number of nitrogens with one attached hydrogen (secondary N) is 1. The number of anilines is 1. The van der Waals surface area contributed by atoms with Crippen LogP contribution in [-0.2, 0) is 12.8 Å². The molecule has 0 spiro atoms. The van der Waals surface area contributed by atoms with Crippen LogP contribution in [0.2, 0.25) is 5.02 Å². The van der Waals surface area contributed by atoms with Crippen LogP contribution in [0.1, 0.15) is 34.5 Å². The Morgan fingerprint density at radius 1 is 1.38 bits per heavy atom. The Morgan fingerprint density at radius 2 is 2.19 bits per heavy atom. The van der Waals surface area contributed by atoms with Crippen LogP contribution in [0.4, 0.5) is 5.88 Å². The lowest BCUT2D eigenvalue weighted by Crippen LogP contribution is -2.13. The average Bonchev–Trinajstić information content (AvgIpc) is 2.90. The van der Waals surface area contributed by atoms with Gasteiger partial charge in [0.2, 0.25) is 5.88 Å². The number of fused-ring (bicyclic) bond motifs is 1. The smallest absolute Gasteiger partial charge is 0.258 e. The zero-order chi connectivity index (χ0) is 14.8. The molecule has 1 N–H and O–H groups in total. The van der Waals surface area contributed by atoms with Gasteiger partial charge in [0.05, 0.1) is 17.8 Å². The minimum Gasteiger partial charge on any atom is -0.495 e. The molecule has 5 nitrogen and oxygen atoms in total. The monoisotopic (exact) mass is 306 g/mol. The second-order valence-electron chi connectivity index (χ2n) is 4.95. The number of aryl methyl sites for hydroxylation is 1. The van der Waals surface area contributed by atoms with Crippen LogP contribution in [0.3, 0.4) is 0 Å². The standard InChI is InChI=1S/C15H15ClN2O3/c1-20-13-7-6-9(8-11(13)16)14(19)17-15-10-4-2-3-5-12(10)18-21-15/h6-8H,2-5H2,1H3,(H,17,19). The molecule has 1 amide bonds. The number of methoxy groups -OCH3 is 1. The summed E-state index contributed by atoms with van der Waals surface area (Å²) in [5.41, 5.74) is 2.40. The summed E-state index contributed by atoms with van der Waals surface area (Å²) in [5, 5.41) is 7.17. The summed E-state index contributed by atoms with van der Waals surface area (Å²) in [4.78, 5) is 12.3. The number of rotatable bonds is 3. The summed E-state index contributed by atoms with van der Waals surface area (Å²) in [5.74, 6) is 0.705. The first-order valence-electron chi connectivity index (χ1n) is 6.81. The molecule has 3 rings (SSSR count). The Morgan fingerprint density at radius 3 is 2.95 bits per heavy atom. The Kier molecular flexibility index (Phi) is 3.84. The van der Waals surface area contributed by atoms with Crippen LogP contribution in [0.5, 0.6) is 5.75 Å². The highest BCUT2D eigenvalue weighted by atomic mass is 35.5. The molecule has 0 bridgehead atoms. The lowest BCUT2D eigenvalue weighted by Gasteiger charge is -2.10. The van der Waals surface area contributed by atoms with E-state index in [9.17, 15) is 4.79 Å². The van der Waals surface area contributed by atoms with Gasteiger partial charge < -0.3 is 9.26 Å². The summed E-state index contributed by atoms with van der Waals surface area (Å²) < 4.78 is 10.3. The molecule has 0 radical (unpaired) electrons. The summed E-state index contributed by atoms with van der Waals surface area (Å²) in [6, 6.07) is 4.88. The van der Waals surface area contributed by atoms with E-state index < -0.39 is 0 Å². The van der Waals surface area contributed by atoms with Crippen molar-refractivity contribution in [1.82, 2.24) is 5.16 Å². The molecule has 0 atom stereocenters. The van der Waals surface area contributed by atoms with E-state index in [0.717, 1.165) is 36.9 Å². The van der Waals surface area contributed by atoms with E-state index in [0.29, 0.717) is 22.2 Å². The average molecular weight is 307 g/mol. The molecule has 1 aromatic carbocycles. The van der Waals surface area contributed by atoms with Gasteiger partial charge in [0.1, 0.15) is 5.75 Å². The minimum absolute atomic E-state index is 0.274. The molecule has 0 unspecified atom stereocenters. The zero-order valence-corrected chi connectivity index (χ0v) is 12.4. The number of carbonyl (C=O) groups excluding carboxylic acids is 1. The number of hydrogen-bond acceptors (Lipinski definition) is 4. The van der Waals surface area contributed by atoms with Gasteiger partial charge in [-0.3, -0.25) is 10.1 Å². The first-order valence-corrected chi connectivity index (χ1v) is 7.19. The number of carbonyl (C=O) groups is 1. The maximum atomic E-state index is 12.3. The fourth-order valence-electron chi connectivity index (χ4n) is 2.47. The normalized spacial score (nSPS) is 13.6. The SMILES string of the molecule is COc1ccc(C(=O)Nc2onc3c2CCCC3)cc1Cl. The first kappa shape index (κ1) is 13.9. The van der Waals surface area contributed by atoms with Gasteiger partial charge in [0.15, 0.2) is 0 Å². The van der Waals surface area contributed by atoms with Gasteiger partial charge in [0.25, 0.3) is 5.91 Å². The second-order valence-corrected chi connectivity index (χ2v) is 5.35.